The number of nitriles is 1. The first-order chi connectivity index (χ1) is 14.5. The number of H-pyrrole nitrogens is 1. The molecule has 4 aromatic rings. The molecule has 0 aliphatic carbocycles. The van der Waals surface area contributed by atoms with Gasteiger partial charge in [-0.15, -0.1) is 0 Å². The minimum Gasteiger partial charge on any atom is -0.488 e. The van der Waals surface area contributed by atoms with Crippen LogP contribution in [0.4, 0.5) is 8.78 Å². The highest BCUT2D eigenvalue weighted by Gasteiger charge is 2.10. The van der Waals surface area contributed by atoms with E-state index in [0.717, 1.165) is 9.13 Å². The van der Waals surface area contributed by atoms with Gasteiger partial charge in [0.15, 0.2) is 0 Å². The Labute approximate surface area is 185 Å². The van der Waals surface area contributed by atoms with Crippen LogP contribution in [0.5, 0.6) is 5.75 Å². The molecule has 4 rings (SSSR count). The van der Waals surface area contributed by atoms with Crippen molar-refractivity contribution >= 4 is 45.3 Å². The van der Waals surface area contributed by atoms with Gasteiger partial charge in [0, 0.05) is 5.56 Å². The van der Waals surface area contributed by atoms with Crippen LogP contribution in [0.3, 0.4) is 0 Å². The van der Waals surface area contributed by atoms with E-state index in [2.05, 4.69) is 38.6 Å². The van der Waals surface area contributed by atoms with E-state index in [4.69, 9.17) is 4.74 Å². The lowest BCUT2D eigenvalue weighted by atomic mass is 10.1. The molecule has 7 heteroatoms. The Morgan fingerprint density at radius 1 is 1.13 bits per heavy atom. The summed E-state index contributed by atoms with van der Waals surface area (Å²) in [5.41, 5.74) is 2.69. The van der Waals surface area contributed by atoms with Crippen molar-refractivity contribution in [1.82, 2.24) is 9.97 Å². The van der Waals surface area contributed by atoms with Gasteiger partial charge in [0.2, 0.25) is 0 Å². The smallest absolute Gasteiger partial charge is 0.149 e. The SMILES string of the molecule is N#C/C(=C/c1ccc(OCc2ccccc2F)c(I)c1)c1nc2ccc(F)cc2[nH]1. The number of aromatic nitrogens is 2. The molecule has 1 heterocycles. The summed E-state index contributed by atoms with van der Waals surface area (Å²) in [6, 6.07) is 18.3. The van der Waals surface area contributed by atoms with E-state index < -0.39 is 0 Å². The number of halogens is 3. The molecule has 148 valence electrons. The molecular formula is C23H14F2IN3O. The molecule has 0 aliphatic rings. The molecular weight excluding hydrogens is 499 g/mol. The molecule has 0 atom stereocenters. The highest BCUT2D eigenvalue weighted by Crippen LogP contribution is 2.26. The summed E-state index contributed by atoms with van der Waals surface area (Å²) in [6.45, 7) is 0.122. The summed E-state index contributed by atoms with van der Waals surface area (Å²) < 4.78 is 33.7. The molecule has 3 aromatic carbocycles. The first-order valence-corrected chi connectivity index (χ1v) is 10.0. The molecule has 0 aliphatic heterocycles. The number of aromatic amines is 1. The molecule has 0 bridgehead atoms. The van der Waals surface area contributed by atoms with Gasteiger partial charge >= 0.3 is 0 Å². The molecule has 0 saturated carbocycles. The molecule has 4 nitrogen and oxygen atoms in total. The van der Waals surface area contributed by atoms with Crippen LogP contribution in [0.1, 0.15) is 17.0 Å². The number of hydrogen-bond donors (Lipinski definition) is 1. The maximum absolute atomic E-state index is 13.7. The molecule has 0 unspecified atom stereocenters. The molecule has 0 radical (unpaired) electrons. The van der Waals surface area contributed by atoms with Crippen molar-refractivity contribution < 1.29 is 13.5 Å². The van der Waals surface area contributed by atoms with Crippen molar-refractivity contribution in [3.8, 4) is 11.8 Å². The van der Waals surface area contributed by atoms with Crippen molar-refractivity contribution in [2.45, 2.75) is 6.61 Å². The van der Waals surface area contributed by atoms with E-state index in [1.165, 1.54) is 18.2 Å². The number of allylic oxidation sites excluding steroid dienone is 1. The van der Waals surface area contributed by atoms with Gasteiger partial charge in [0.05, 0.1) is 20.2 Å². The molecule has 0 fully saturated rings. The number of hydrogen-bond acceptors (Lipinski definition) is 3. The average molecular weight is 513 g/mol. The Morgan fingerprint density at radius 3 is 2.73 bits per heavy atom. The van der Waals surface area contributed by atoms with Crippen LogP contribution in [0.15, 0.2) is 60.7 Å². The zero-order valence-corrected chi connectivity index (χ0v) is 17.7. The molecule has 1 N–H and O–H groups in total. The predicted octanol–water partition coefficient (Wildman–Crippen LogP) is 6.09. The van der Waals surface area contributed by atoms with Gasteiger partial charge in [0.1, 0.15) is 35.9 Å². The van der Waals surface area contributed by atoms with Crippen LogP contribution in [0.25, 0.3) is 22.7 Å². The zero-order chi connectivity index (χ0) is 21.1. The van der Waals surface area contributed by atoms with Crippen LogP contribution >= 0.6 is 22.6 Å². The van der Waals surface area contributed by atoms with Crippen molar-refractivity contribution in [3.05, 3.63) is 92.8 Å². The second-order valence-corrected chi connectivity index (χ2v) is 7.65. The first-order valence-electron chi connectivity index (χ1n) is 8.96. The second kappa shape index (κ2) is 8.63. The fourth-order valence-corrected chi connectivity index (χ4v) is 3.62. The fraction of sp³-hybridized carbons (Fsp3) is 0.0435. The van der Waals surface area contributed by atoms with Crippen molar-refractivity contribution in [2.75, 3.05) is 0 Å². The fourth-order valence-electron chi connectivity index (χ4n) is 2.92. The highest BCUT2D eigenvalue weighted by atomic mass is 127. The summed E-state index contributed by atoms with van der Waals surface area (Å²) in [5, 5.41) is 9.57. The van der Waals surface area contributed by atoms with Gasteiger partial charge in [-0.2, -0.15) is 5.26 Å². The van der Waals surface area contributed by atoms with E-state index in [-0.39, 0.29) is 18.2 Å². The van der Waals surface area contributed by atoms with Crippen molar-refractivity contribution in [1.29, 1.82) is 5.26 Å². The minimum atomic E-state index is -0.374. The lowest BCUT2D eigenvalue weighted by molar-refractivity contribution is 0.297. The summed E-state index contributed by atoms with van der Waals surface area (Å²) in [7, 11) is 0. The lowest BCUT2D eigenvalue weighted by Gasteiger charge is -2.09. The highest BCUT2D eigenvalue weighted by molar-refractivity contribution is 14.1. The van der Waals surface area contributed by atoms with Crippen LogP contribution in [-0.2, 0) is 6.61 Å². The third kappa shape index (κ3) is 4.33. The molecule has 30 heavy (non-hydrogen) atoms. The third-order valence-electron chi connectivity index (χ3n) is 4.43. The maximum atomic E-state index is 13.7. The Balaban J connectivity index is 1.57. The van der Waals surface area contributed by atoms with Gasteiger partial charge < -0.3 is 9.72 Å². The van der Waals surface area contributed by atoms with Crippen LogP contribution in [-0.4, -0.2) is 9.97 Å². The topological polar surface area (TPSA) is 61.7 Å². The Morgan fingerprint density at radius 2 is 1.97 bits per heavy atom. The van der Waals surface area contributed by atoms with E-state index in [0.29, 0.717) is 33.7 Å². The number of imidazole rings is 1. The van der Waals surface area contributed by atoms with E-state index in [1.807, 2.05) is 6.07 Å². The minimum absolute atomic E-state index is 0.122. The maximum Gasteiger partial charge on any atom is 0.149 e. The first kappa shape index (κ1) is 20.0. The van der Waals surface area contributed by atoms with Crippen LogP contribution in [0, 0.1) is 26.5 Å². The lowest BCUT2D eigenvalue weighted by Crippen LogP contribution is -1.99. The average Bonchev–Trinajstić information content (AvgIpc) is 3.15. The summed E-state index contributed by atoms with van der Waals surface area (Å²) in [6.07, 6.45) is 1.69. The normalized spacial score (nSPS) is 11.5. The summed E-state index contributed by atoms with van der Waals surface area (Å²) >= 11 is 2.13. The predicted molar refractivity (Wildman–Crippen MR) is 119 cm³/mol. The number of nitrogens with one attached hydrogen (secondary N) is 1. The number of fused-ring (bicyclic) bond motifs is 1. The molecule has 0 saturated heterocycles. The van der Waals surface area contributed by atoms with Crippen LogP contribution in [0.2, 0.25) is 0 Å². The van der Waals surface area contributed by atoms with Crippen molar-refractivity contribution in [2.24, 2.45) is 0 Å². The molecule has 1 aromatic heterocycles. The zero-order valence-electron chi connectivity index (χ0n) is 15.5. The van der Waals surface area contributed by atoms with E-state index in [9.17, 15) is 14.0 Å². The van der Waals surface area contributed by atoms with Crippen LogP contribution < -0.4 is 4.74 Å². The van der Waals surface area contributed by atoms with Gasteiger partial charge in [-0.05, 0) is 70.6 Å². The Kier molecular flexibility index (Phi) is 5.77. The quantitative estimate of drug-likeness (QED) is 0.260. The summed E-state index contributed by atoms with van der Waals surface area (Å²) in [5.74, 6) is 0.305. The third-order valence-corrected chi connectivity index (χ3v) is 5.27. The summed E-state index contributed by atoms with van der Waals surface area (Å²) in [4.78, 5) is 7.33. The van der Waals surface area contributed by atoms with E-state index >= 15 is 0 Å². The van der Waals surface area contributed by atoms with Gasteiger partial charge in [-0.25, -0.2) is 13.8 Å². The number of nitrogens with zero attached hydrogens (tertiary/aromatic N) is 2. The molecule has 0 spiro atoms. The Bertz CT molecular complexity index is 1310. The second-order valence-electron chi connectivity index (χ2n) is 6.49. The van der Waals surface area contributed by atoms with E-state index in [1.54, 1.807) is 42.5 Å². The Hall–Kier alpha value is -3.25. The van der Waals surface area contributed by atoms with Crippen molar-refractivity contribution in [3.63, 3.8) is 0 Å². The number of rotatable bonds is 5. The molecule has 0 amide bonds. The monoisotopic (exact) mass is 513 g/mol. The van der Waals surface area contributed by atoms with Gasteiger partial charge in [0.25, 0.3) is 0 Å². The van der Waals surface area contributed by atoms with Gasteiger partial charge in [-0.3, -0.25) is 0 Å². The standard InChI is InChI=1S/C23H14F2IN3O/c24-17-6-7-20-21(11-17)29-23(28-20)16(12-27)9-14-5-8-22(19(26)10-14)30-13-15-3-1-2-4-18(15)25/h1-11H,13H2,(H,28,29)/b16-9-. The largest absolute Gasteiger partial charge is 0.488 e. The number of benzene rings is 3. The van der Waals surface area contributed by atoms with Gasteiger partial charge in [-0.1, -0.05) is 24.3 Å². The number of ether oxygens (including phenoxy) is 1.